The van der Waals surface area contributed by atoms with Gasteiger partial charge in [-0.1, -0.05) is 171 Å². The first kappa shape index (κ1) is 80.1. The van der Waals surface area contributed by atoms with Crippen LogP contribution in [0.2, 0.25) is 0 Å². The quantitative estimate of drug-likeness (QED) is 0.0223. The topological polar surface area (TPSA) is 262 Å². The second-order valence-electron chi connectivity index (χ2n) is 29.2. The second-order valence-corrected chi connectivity index (χ2v) is 29.2. The molecule has 5 N–H and O–H groups in total. The second kappa shape index (κ2) is 41.1. The van der Waals surface area contributed by atoms with E-state index in [9.17, 15) is 24.0 Å². The molecule has 5 aromatic carbocycles. The summed E-state index contributed by atoms with van der Waals surface area (Å²) in [6.07, 6.45) is 11.8. The normalized spacial score (nSPS) is 20.8. The fraction of sp³-hybridized carbons (Fsp3) is 0.529. The zero-order chi connectivity index (χ0) is 74.6. The Hall–Kier alpha value is -8.44. The molecule has 4 aliphatic heterocycles. The first-order chi connectivity index (χ1) is 51.7. The lowest BCUT2D eigenvalue weighted by molar-refractivity contribution is -0.146. The molecule has 0 saturated carbocycles. The van der Waals surface area contributed by atoms with E-state index in [1.54, 1.807) is 28.6 Å². The molecule has 10 atom stereocenters. The summed E-state index contributed by atoms with van der Waals surface area (Å²) >= 11 is 0. The molecule has 4 saturated heterocycles. The van der Waals surface area contributed by atoms with Gasteiger partial charge in [0.25, 0.3) is 0 Å². The van der Waals surface area contributed by atoms with E-state index in [1.165, 1.54) is 0 Å². The van der Waals surface area contributed by atoms with Crippen molar-refractivity contribution in [3.8, 4) is 0 Å². The zero-order valence-electron chi connectivity index (χ0n) is 62.6. The standard InChI is InChI=1S/C85H112N10O11/c1-5-73(86-3)77(97)56-72-64(58-88-57-60-25-12-7-13-26-60)37-41-69-43-47-76(95(69)83(72)102)82(101)90-85(65-31-18-10-19-32-65,66-33-20-11-21-34-66)79(99)35-22-23-49-104-51-53-106-54-52-105-50-24-48-93-59-67(91-92-93)39-45-70(96)44-38-63-36-40-68-42-46-75(94(68)84(103)80(63)89-81(100)74(6-2)87-4)78(98)55-71(61-27-14-8-15-28-61)62-29-16-9-17-30-62/h7-21,25-34,59,63-64,68-69,71-76,80,86-88H,5-6,22-24,35-58H2,1-4H3,(H,89,100)(H,90,101)/t63-,64-,68+,69+,72+,73+,74+,75+,76+,80+/m1/s1. The van der Waals surface area contributed by atoms with Crippen molar-refractivity contribution < 1.29 is 52.6 Å². The molecule has 0 radical (unpaired) electrons. The van der Waals surface area contributed by atoms with Crippen molar-refractivity contribution in [2.24, 2.45) is 17.8 Å². The molecular formula is C85H112N10O11. The van der Waals surface area contributed by atoms with Crippen molar-refractivity contribution in [3.63, 3.8) is 0 Å². The van der Waals surface area contributed by atoms with E-state index in [4.69, 9.17) is 14.2 Å². The van der Waals surface area contributed by atoms with Gasteiger partial charge < -0.3 is 50.6 Å². The van der Waals surface area contributed by atoms with Crippen molar-refractivity contribution in [1.29, 1.82) is 0 Å². The number of carbonyl (C=O) groups is 8. The zero-order valence-corrected chi connectivity index (χ0v) is 62.6. The predicted molar refractivity (Wildman–Crippen MR) is 407 cm³/mol. The Balaban J connectivity index is 0.633. The predicted octanol–water partition coefficient (Wildman–Crippen LogP) is 9.98. The van der Waals surface area contributed by atoms with E-state index in [0.29, 0.717) is 166 Å². The third-order valence-corrected chi connectivity index (χ3v) is 22.4. The monoisotopic (exact) mass is 1450 g/mol. The highest BCUT2D eigenvalue weighted by molar-refractivity contribution is 6.00. The van der Waals surface area contributed by atoms with Crippen molar-refractivity contribution in [3.05, 3.63) is 191 Å². The number of nitrogens with zero attached hydrogens (tertiary/aromatic N) is 5. The highest BCUT2D eigenvalue weighted by Gasteiger charge is 2.52. The van der Waals surface area contributed by atoms with Gasteiger partial charge in [-0.15, -0.1) is 5.10 Å². The number of aryl methyl sites for hydroxylation is 2. The van der Waals surface area contributed by atoms with Crippen LogP contribution in [-0.4, -0.2) is 174 Å². The van der Waals surface area contributed by atoms with Gasteiger partial charge in [0, 0.05) is 88.5 Å². The van der Waals surface area contributed by atoms with Gasteiger partial charge in [0.2, 0.25) is 23.6 Å². The van der Waals surface area contributed by atoms with Crippen LogP contribution in [0, 0.1) is 17.8 Å². The van der Waals surface area contributed by atoms with Crippen molar-refractivity contribution in [2.75, 3.05) is 60.3 Å². The van der Waals surface area contributed by atoms with Gasteiger partial charge in [0.05, 0.1) is 50.2 Å². The van der Waals surface area contributed by atoms with Gasteiger partial charge in [-0.05, 0) is 157 Å². The van der Waals surface area contributed by atoms with Crippen LogP contribution in [0.3, 0.4) is 0 Å². The van der Waals surface area contributed by atoms with Gasteiger partial charge in [0.1, 0.15) is 23.4 Å². The number of aromatic nitrogens is 3. The summed E-state index contributed by atoms with van der Waals surface area (Å²) < 4.78 is 19.4. The third-order valence-electron chi connectivity index (χ3n) is 22.4. The number of nitrogens with one attached hydrogen (secondary N) is 5. The minimum Gasteiger partial charge on any atom is -0.379 e. The number of likely N-dealkylation sites (N-methyl/N-ethyl adjacent to an activating group) is 2. The SMILES string of the molecule is CC[C@H](NC)C(=O)C[C@@H]1C(=O)N2[C@@H](CC[C@@H]1CNCc1ccccc1)CC[C@H]2C(=O)NC(C(=O)CCCCOCCOCCOCCCn1cc(CCC(=O)CC[C@H]2CC[C@H]3CC[C@@H](C(=O)CC(c4ccccc4)c4ccccc4)N3C(=O)[C@H]2NC(=O)[C@H](CC)NC)nn1)(c1ccccc1)c1ccccc1. The molecule has 0 spiro atoms. The van der Waals surface area contributed by atoms with Crippen LogP contribution in [0.25, 0.3) is 0 Å². The first-order valence-corrected chi connectivity index (χ1v) is 39.0. The van der Waals surface area contributed by atoms with Crippen LogP contribution < -0.4 is 26.6 Å². The van der Waals surface area contributed by atoms with Gasteiger partial charge in [-0.3, -0.25) is 43.0 Å². The minimum atomic E-state index is -1.55. The largest absolute Gasteiger partial charge is 0.379 e. The molecule has 4 aliphatic rings. The Labute approximate surface area is 626 Å². The number of hydrogen-bond donors (Lipinski definition) is 5. The summed E-state index contributed by atoms with van der Waals surface area (Å²) in [5.74, 6) is -2.38. The fourth-order valence-corrected chi connectivity index (χ4v) is 16.6. The maximum absolute atomic E-state index is 15.2. The number of hydrogen-bond acceptors (Lipinski definition) is 16. The highest BCUT2D eigenvalue weighted by atomic mass is 16.5. The van der Waals surface area contributed by atoms with E-state index in [1.807, 2.05) is 160 Å². The molecule has 106 heavy (non-hydrogen) atoms. The summed E-state index contributed by atoms with van der Waals surface area (Å²) in [7, 11) is 3.50. The van der Waals surface area contributed by atoms with Crippen LogP contribution in [0.4, 0.5) is 0 Å². The smallest absolute Gasteiger partial charge is 0.246 e. The van der Waals surface area contributed by atoms with Crippen LogP contribution in [-0.2, 0) is 77.6 Å². The number of Topliss-reactive ketones (excluding diaryl/α,β-unsaturated/α-hetero) is 4. The molecule has 0 bridgehead atoms. The average Bonchev–Trinajstić information content (AvgIpc) is 1.42. The summed E-state index contributed by atoms with van der Waals surface area (Å²) in [5, 5.41) is 24.8. The van der Waals surface area contributed by atoms with E-state index in [0.717, 1.165) is 23.1 Å². The molecule has 4 amide bonds. The Morgan fingerprint density at radius 2 is 1.11 bits per heavy atom. The number of unbranched alkanes of at least 4 members (excludes halogenated alkanes) is 1. The Morgan fingerprint density at radius 3 is 1.71 bits per heavy atom. The lowest BCUT2D eigenvalue weighted by Gasteiger charge is -2.38. The number of ether oxygens (including phenoxy) is 3. The van der Waals surface area contributed by atoms with E-state index >= 15 is 14.4 Å². The van der Waals surface area contributed by atoms with Gasteiger partial charge in [0.15, 0.2) is 17.3 Å². The van der Waals surface area contributed by atoms with Gasteiger partial charge in [-0.2, -0.15) is 0 Å². The van der Waals surface area contributed by atoms with Crippen molar-refractivity contribution in [2.45, 2.75) is 209 Å². The van der Waals surface area contributed by atoms with Gasteiger partial charge >= 0.3 is 0 Å². The Bertz CT molecular complexity index is 3670. The molecule has 6 aromatic rings. The average molecular weight is 1450 g/mol. The van der Waals surface area contributed by atoms with E-state index < -0.39 is 41.5 Å². The molecule has 21 nitrogen and oxygen atoms in total. The molecule has 0 aliphatic carbocycles. The third kappa shape index (κ3) is 21.2. The number of rotatable bonds is 44. The molecule has 4 fully saturated rings. The molecule has 1 aromatic heterocycles. The van der Waals surface area contributed by atoms with E-state index in [-0.39, 0.29) is 109 Å². The van der Waals surface area contributed by atoms with Gasteiger partial charge in [-0.25, -0.2) is 0 Å². The lowest BCUT2D eigenvalue weighted by atomic mass is 9.77. The Kier molecular flexibility index (Phi) is 31.0. The van der Waals surface area contributed by atoms with Crippen molar-refractivity contribution >= 4 is 46.8 Å². The van der Waals surface area contributed by atoms with Crippen molar-refractivity contribution in [1.82, 2.24) is 51.4 Å². The van der Waals surface area contributed by atoms with Crippen LogP contribution in [0.15, 0.2) is 158 Å². The summed E-state index contributed by atoms with van der Waals surface area (Å²) in [6.45, 7) is 8.05. The summed E-state index contributed by atoms with van der Waals surface area (Å²) in [6, 6.07) is 45.4. The van der Waals surface area contributed by atoms with Crippen LogP contribution >= 0.6 is 0 Å². The van der Waals surface area contributed by atoms with E-state index in [2.05, 4.69) is 49.0 Å². The number of ketones is 4. The maximum Gasteiger partial charge on any atom is 0.246 e. The van der Waals surface area contributed by atoms with Crippen LogP contribution in [0.5, 0.6) is 0 Å². The Morgan fingerprint density at radius 1 is 0.575 bits per heavy atom. The summed E-state index contributed by atoms with van der Waals surface area (Å²) in [4.78, 5) is 120. The number of amides is 4. The number of benzene rings is 5. The lowest BCUT2D eigenvalue weighted by Crippen LogP contribution is -2.58. The fourth-order valence-electron chi connectivity index (χ4n) is 16.6. The molecule has 0 unspecified atom stereocenters. The number of fused-ring (bicyclic) bond motifs is 2. The molecule has 21 heteroatoms. The molecule has 10 rings (SSSR count). The first-order valence-electron chi connectivity index (χ1n) is 39.0. The molecule has 5 heterocycles. The highest BCUT2D eigenvalue weighted by Crippen LogP contribution is 2.42. The number of carbonyl (C=O) groups excluding carboxylic acids is 8. The summed E-state index contributed by atoms with van der Waals surface area (Å²) in [5.41, 5.74) is 3.62. The molecule has 568 valence electrons. The minimum absolute atomic E-state index is 0.0130. The molecular weight excluding hydrogens is 1340 g/mol. The van der Waals surface area contributed by atoms with Crippen LogP contribution in [0.1, 0.15) is 175 Å². The maximum atomic E-state index is 15.2.